The number of nitrogens with zero attached hydrogens (tertiary/aromatic N) is 1. The molecular weight excluding hydrogens is 446 g/mol. The summed E-state index contributed by atoms with van der Waals surface area (Å²) in [7, 11) is 0. The number of nitrogens with two attached hydrogens (primary N) is 1. The van der Waals surface area contributed by atoms with Crippen molar-refractivity contribution in [3.8, 4) is 0 Å². The highest BCUT2D eigenvalue weighted by molar-refractivity contribution is 9.10. The van der Waals surface area contributed by atoms with Crippen molar-refractivity contribution in [2.75, 3.05) is 25.0 Å². The number of nitrogens with one attached hydrogen (secondary N) is 1. The van der Waals surface area contributed by atoms with E-state index in [4.69, 9.17) is 19.6 Å². The summed E-state index contributed by atoms with van der Waals surface area (Å²) in [5, 5.41) is 3.18. The van der Waals surface area contributed by atoms with E-state index in [0.717, 1.165) is 4.47 Å². The Bertz CT molecular complexity index is 965. The summed E-state index contributed by atoms with van der Waals surface area (Å²) in [5.74, 6) is -1.50. The molecule has 156 valence electrons. The first-order valence-electron chi connectivity index (χ1n) is 8.97. The predicted molar refractivity (Wildman–Crippen MR) is 109 cm³/mol. The second-order valence-corrected chi connectivity index (χ2v) is 8.50. The highest BCUT2D eigenvalue weighted by atomic mass is 79.9. The smallest absolute Gasteiger partial charge is 0.410 e. The number of fused-ring (bicyclic) bond motifs is 1. The largest absolute Gasteiger partial charge is 0.449 e. The number of carbonyl (C=O) groups excluding carboxylic acids is 3. The van der Waals surface area contributed by atoms with Crippen molar-refractivity contribution < 1.29 is 28.3 Å². The van der Waals surface area contributed by atoms with Crippen LogP contribution in [-0.2, 0) is 14.3 Å². The van der Waals surface area contributed by atoms with Gasteiger partial charge in [-0.3, -0.25) is 9.59 Å². The minimum Gasteiger partial charge on any atom is -0.449 e. The number of benzene rings is 1. The van der Waals surface area contributed by atoms with Gasteiger partial charge in [0.1, 0.15) is 16.9 Å². The molecule has 0 bridgehead atoms. The molecule has 29 heavy (non-hydrogen) atoms. The fourth-order valence-electron chi connectivity index (χ4n) is 2.87. The lowest BCUT2D eigenvalue weighted by Crippen LogP contribution is -2.51. The highest BCUT2D eigenvalue weighted by Crippen LogP contribution is 2.33. The Morgan fingerprint density at radius 2 is 2.03 bits per heavy atom. The molecule has 1 aromatic heterocycles. The van der Waals surface area contributed by atoms with Crippen molar-refractivity contribution in [1.82, 2.24) is 4.90 Å². The Labute approximate surface area is 175 Å². The number of carbonyl (C=O) groups is 3. The molecule has 9 nitrogen and oxygen atoms in total. The van der Waals surface area contributed by atoms with Gasteiger partial charge in [0.05, 0.1) is 13.2 Å². The number of hydrogen-bond acceptors (Lipinski definition) is 6. The third kappa shape index (κ3) is 4.88. The fraction of sp³-hybridized carbons (Fsp3) is 0.421. The van der Waals surface area contributed by atoms with Gasteiger partial charge in [-0.15, -0.1) is 0 Å². The van der Waals surface area contributed by atoms with E-state index in [-0.39, 0.29) is 24.6 Å². The average Bonchev–Trinajstić information content (AvgIpc) is 2.98. The SMILES string of the molecule is CC(C)(C)OC(=O)N1CCOC(C(=O)Nc2c(C(N)=O)oc3ccc(Br)cc23)C1. The van der Waals surface area contributed by atoms with Crippen LogP contribution < -0.4 is 11.1 Å². The Hall–Kier alpha value is -2.59. The number of amides is 3. The second-order valence-electron chi connectivity index (χ2n) is 7.59. The van der Waals surface area contributed by atoms with E-state index in [2.05, 4.69) is 21.2 Å². The highest BCUT2D eigenvalue weighted by Gasteiger charge is 2.33. The second kappa shape index (κ2) is 8.03. The van der Waals surface area contributed by atoms with Crippen LogP contribution in [0.25, 0.3) is 11.0 Å². The van der Waals surface area contributed by atoms with Crippen LogP contribution in [0.3, 0.4) is 0 Å². The van der Waals surface area contributed by atoms with Gasteiger partial charge < -0.3 is 29.8 Å². The summed E-state index contributed by atoms with van der Waals surface area (Å²) in [6.07, 6.45) is -1.46. The zero-order valence-corrected chi connectivity index (χ0v) is 17.9. The standard InChI is InChI=1S/C19H22BrN3O6/c1-19(2,3)29-18(26)23-6-7-27-13(9-23)17(25)22-14-11-8-10(20)4-5-12(11)28-15(14)16(21)24/h4-5,8,13H,6-7,9H2,1-3H3,(H2,21,24)(H,22,25). The summed E-state index contributed by atoms with van der Waals surface area (Å²) in [4.78, 5) is 38.3. The molecule has 3 amide bonds. The van der Waals surface area contributed by atoms with Gasteiger partial charge in [-0.05, 0) is 39.0 Å². The molecule has 0 saturated carbocycles. The molecule has 1 fully saturated rings. The molecule has 3 rings (SSSR count). The molecule has 2 heterocycles. The first kappa shape index (κ1) is 21.1. The molecule has 1 atom stereocenters. The lowest BCUT2D eigenvalue weighted by atomic mass is 10.2. The molecule has 1 aliphatic rings. The molecule has 1 saturated heterocycles. The molecule has 1 aromatic carbocycles. The number of primary amides is 1. The van der Waals surface area contributed by atoms with Crippen molar-refractivity contribution in [2.24, 2.45) is 5.73 Å². The van der Waals surface area contributed by atoms with Gasteiger partial charge in [-0.2, -0.15) is 0 Å². The third-order valence-corrected chi connectivity index (χ3v) is 4.63. The zero-order valence-electron chi connectivity index (χ0n) is 16.3. The summed E-state index contributed by atoms with van der Waals surface area (Å²) in [5.41, 5.74) is 5.31. The number of furan rings is 1. The van der Waals surface area contributed by atoms with Gasteiger partial charge in [-0.25, -0.2) is 4.79 Å². The Morgan fingerprint density at radius 1 is 1.31 bits per heavy atom. The minimum atomic E-state index is -0.936. The molecule has 1 aliphatic heterocycles. The topological polar surface area (TPSA) is 124 Å². The maximum atomic E-state index is 12.8. The molecule has 0 aliphatic carbocycles. The van der Waals surface area contributed by atoms with Gasteiger partial charge in [-0.1, -0.05) is 15.9 Å². The van der Waals surface area contributed by atoms with E-state index in [1.165, 1.54) is 4.90 Å². The van der Waals surface area contributed by atoms with Crippen molar-refractivity contribution in [3.05, 3.63) is 28.4 Å². The molecule has 0 spiro atoms. The van der Waals surface area contributed by atoms with E-state index in [0.29, 0.717) is 17.5 Å². The van der Waals surface area contributed by atoms with Gasteiger partial charge in [0.15, 0.2) is 6.10 Å². The number of anilines is 1. The molecule has 10 heteroatoms. The van der Waals surface area contributed by atoms with Gasteiger partial charge in [0.25, 0.3) is 11.8 Å². The molecular formula is C19H22BrN3O6. The summed E-state index contributed by atoms with van der Waals surface area (Å²) in [6.45, 7) is 5.81. The van der Waals surface area contributed by atoms with Gasteiger partial charge in [0, 0.05) is 16.4 Å². The third-order valence-electron chi connectivity index (χ3n) is 4.13. The Morgan fingerprint density at radius 3 is 2.69 bits per heavy atom. The quantitative estimate of drug-likeness (QED) is 0.714. The number of halogens is 1. The lowest BCUT2D eigenvalue weighted by Gasteiger charge is -2.33. The fourth-order valence-corrected chi connectivity index (χ4v) is 3.23. The van der Waals surface area contributed by atoms with Crippen LogP contribution in [0, 0.1) is 0 Å². The number of hydrogen-bond donors (Lipinski definition) is 2. The van der Waals surface area contributed by atoms with Crippen LogP contribution in [0.5, 0.6) is 0 Å². The minimum absolute atomic E-state index is 0.0200. The maximum Gasteiger partial charge on any atom is 0.410 e. The average molecular weight is 468 g/mol. The van der Waals surface area contributed by atoms with Crippen molar-refractivity contribution in [2.45, 2.75) is 32.5 Å². The van der Waals surface area contributed by atoms with Crippen LogP contribution in [-0.4, -0.2) is 54.2 Å². The molecule has 1 unspecified atom stereocenters. The lowest BCUT2D eigenvalue weighted by molar-refractivity contribution is -0.132. The van der Waals surface area contributed by atoms with E-state index in [9.17, 15) is 14.4 Å². The Balaban J connectivity index is 1.79. The normalized spacial score (nSPS) is 17.2. The van der Waals surface area contributed by atoms with Crippen LogP contribution in [0.2, 0.25) is 0 Å². The van der Waals surface area contributed by atoms with Crippen molar-refractivity contribution in [3.63, 3.8) is 0 Å². The zero-order chi connectivity index (χ0) is 21.3. The number of ether oxygens (including phenoxy) is 2. The predicted octanol–water partition coefficient (Wildman–Crippen LogP) is 2.87. The molecule has 0 radical (unpaired) electrons. The van der Waals surface area contributed by atoms with Crippen molar-refractivity contribution >= 4 is 50.5 Å². The maximum absolute atomic E-state index is 12.8. The van der Waals surface area contributed by atoms with Crippen molar-refractivity contribution in [1.29, 1.82) is 0 Å². The monoisotopic (exact) mass is 467 g/mol. The van der Waals surface area contributed by atoms with Crippen LogP contribution in [0.4, 0.5) is 10.5 Å². The Kier molecular flexibility index (Phi) is 5.85. The summed E-state index contributed by atoms with van der Waals surface area (Å²) >= 11 is 3.35. The van der Waals surface area contributed by atoms with Gasteiger partial charge >= 0.3 is 6.09 Å². The number of rotatable bonds is 3. The van der Waals surface area contributed by atoms with E-state index < -0.39 is 29.6 Å². The van der Waals surface area contributed by atoms with Crippen LogP contribution >= 0.6 is 15.9 Å². The van der Waals surface area contributed by atoms with E-state index >= 15 is 0 Å². The van der Waals surface area contributed by atoms with Crippen LogP contribution in [0.1, 0.15) is 31.3 Å². The molecule has 2 aromatic rings. The van der Waals surface area contributed by atoms with E-state index in [1.54, 1.807) is 39.0 Å². The van der Waals surface area contributed by atoms with E-state index in [1.807, 2.05) is 0 Å². The summed E-state index contributed by atoms with van der Waals surface area (Å²) < 4.78 is 17.1. The summed E-state index contributed by atoms with van der Waals surface area (Å²) in [6, 6.07) is 5.10. The van der Waals surface area contributed by atoms with Gasteiger partial charge in [0.2, 0.25) is 5.76 Å². The molecule has 3 N–H and O–H groups in total. The number of morpholine rings is 1. The first-order chi connectivity index (χ1) is 13.5. The van der Waals surface area contributed by atoms with Crippen LogP contribution in [0.15, 0.2) is 27.1 Å². The first-order valence-corrected chi connectivity index (χ1v) is 9.76.